The number of hydrogen-bond acceptors (Lipinski definition) is 13. The van der Waals surface area contributed by atoms with Gasteiger partial charge in [0.05, 0.1) is 48.0 Å². The Hall–Kier alpha value is -5.29. The van der Waals surface area contributed by atoms with Gasteiger partial charge in [0.25, 0.3) is 5.70 Å². The number of quaternary nitrogens is 2. The van der Waals surface area contributed by atoms with Crippen molar-refractivity contribution in [3.63, 3.8) is 0 Å². The van der Waals surface area contributed by atoms with E-state index >= 15 is 4.79 Å². The fraction of sp³-hybridized carbons (Fsp3) is 0.293. The predicted molar refractivity (Wildman–Crippen MR) is 217 cm³/mol. The fourth-order valence-electron chi connectivity index (χ4n) is 7.43. The normalized spacial score (nSPS) is 16.8. The molecule has 4 aromatic heterocycles. The monoisotopic (exact) mass is 790 g/mol. The Balaban J connectivity index is 1.29. The van der Waals surface area contributed by atoms with Crippen LogP contribution >= 0.6 is 23.1 Å². The first-order valence-corrected chi connectivity index (χ1v) is 19.8. The van der Waals surface area contributed by atoms with Crippen molar-refractivity contribution in [1.82, 2.24) is 23.2 Å². The van der Waals surface area contributed by atoms with E-state index in [0.717, 1.165) is 54.3 Å². The summed E-state index contributed by atoms with van der Waals surface area (Å²) in [5.74, 6) is 1.13. The maximum atomic E-state index is 15.8. The van der Waals surface area contributed by atoms with Crippen LogP contribution in [0.1, 0.15) is 48.4 Å². The smallest absolute Gasteiger partial charge is 0.420 e. The van der Waals surface area contributed by atoms with Crippen LogP contribution in [-0.2, 0) is 14.3 Å². The molecule has 6 heterocycles. The zero-order valence-corrected chi connectivity index (χ0v) is 33.6. The van der Waals surface area contributed by atoms with Crippen LogP contribution in [0.2, 0.25) is 0 Å². The maximum Gasteiger partial charge on any atom is 0.420 e. The first-order valence-electron chi connectivity index (χ1n) is 18.3. The molecule has 0 radical (unpaired) electrons. The van der Waals surface area contributed by atoms with Gasteiger partial charge in [-0.25, -0.2) is 4.79 Å². The summed E-state index contributed by atoms with van der Waals surface area (Å²) in [7, 11) is 3.28. The van der Waals surface area contributed by atoms with Crippen LogP contribution in [0.5, 0.6) is 11.5 Å². The number of amides is 1. The van der Waals surface area contributed by atoms with Gasteiger partial charge in [0.2, 0.25) is 10.0 Å². The summed E-state index contributed by atoms with van der Waals surface area (Å²) in [5.41, 5.74) is 6.21. The van der Waals surface area contributed by atoms with Crippen molar-refractivity contribution in [2.24, 2.45) is 10.3 Å². The van der Waals surface area contributed by atoms with E-state index < -0.39 is 12.1 Å². The van der Waals surface area contributed by atoms with Crippen molar-refractivity contribution in [3.05, 3.63) is 119 Å². The van der Waals surface area contributed by atoms with Crippen molar-refractivity contribution in [1.29, 1.82) is 0 Å². The van der Waals surface area contributed by atoms with Crippen LogP contribution in [0.4, 0.5) is 10.0 Å². The minimum absolute atomic E-state index is 0.125. The zero-order valence-electron chi connectivity index (χ0n) is 32.0. The summed E-state index contributed by atoms with van der Waals surface area (Å²) >= 11 is 2.62. The Morgan fingerprint density at radius 2 is 1.21 bits per heavy atom. The highest BCUT2D eigenvalue weighted by Gasteiger charge is 2.63. The lowest BCUT2D eigenvalue weighted by molar-refractivity contribution is -0.951. The number of aryl methyl sites for hydroxylation is 2. The predicted octanol–water partition coefficient (Wildman–Crippen LogP) is 8.99. The van der Waals surface area contributed by atoms with Crippen molar-refractivity contribution in [2.75, 3.05) is 40.6 Å². The molecular weight excluding hydrogens is 749 g/mol. The lowest BCUT2D eigenvalue weighted by Gasteiger charge is -2.41. The zero-order chi connectivity index (χ0) is 39.0. The van der Waals surface area contributed by atoms with Crippen LogP contribution in [0.25, 0.3) is 21.8 Å². The van der Waals surface area contributed by atoms with Gasteiger partial charge < -0.3 is 18.9 Å². The Morgan fingerprint density at radius 3 is 1.68 bits per heavy atom. The molecule has 2 atom stereocenters. The van der Waals surface area contributed by atoms with Gasteiger partial charge in [-0.05, 0) is 64.1 Å². The quantitative estimate of drug-likeness (QED) is 0.0784. The second-order valence-corrected chi connectivity index (χ2v) is 15.5. The van der Waals surface area contributed by atoms with Gasteiger partial charge >= 0.3 is 5.91 Å². The molecule has 0 saturated carbocycles. The van der Waals surface area contributed by atoms with Gasteiger partial charge in [-0.2, -0.15) is 8.75 Å². The molecule has 13 nitrogen and oxygen atoms in total. The Morgan fingerprint density at radius 1 is 0.696 bits per heavy atom. The third kappa shape index (κ3) is 6.49. The number of pyridine rings is 2. The Labute approximate surface area is 332 Å². The largest absolute Gasteiger partial charge is 0.490 e. The number of nitrogens with zero attached hydrogens (tertiary/aromatic N) is 8. The number of benzene rings is 2. The summed E-state index contributed by atoms with van der Waals surface area (Å²) in [5, 5.41) is 13.3. The average molecular weight is 791 g/mol. The van der Waals surface area contributed by atoms with E-state index in [1.165, 1.54) is 23.1 Å². The van der Waals surface area contributed by atoms with Crippen LogP contribution in [0, 0.1) is 13.8 Å². The van der Waals surface area contributed by atoms with Crippen molar-refractivity contribution >= 4 is 60.8 Å². The van der Waals surface area contributed by atoms with Crippen LogP contribution < -0.4 is 14.0 Å². The van der Waals surface area contributed by atoms with Crippen LogP contribution in [0.3, 0.4) is 0 Å². The molecule has 6 aromatic rings. The van der Waals surface area contributed by atoms with Crippen molar-refractivity contribution < 1.29 is 28.3 Å². The van der Waals surface area contributed by atoms with Crippen LogP contribution in [0.15, 0.2) is 107 Å². The highest BCUT2D eigenvalue weighted by molar-refractivity contribution is 7.12. The highest BCUT2D eigenvalue weighted by Crippen LogP contribution is 2.54. The van der Waals surface area contributed by atoms with E-state index in [1.54, 1.807) is 26.6 Å². The number of hydrogen-bond donors (Lipinski definition) is 0. The van der Waals surface area contributed by atoms with E-state index in [1.807, 2.05) is 62.5 Å². The number of methoxy groups -OCH3 is 2. The van der Waals surface area contributed by atoms with Crippen LogP contribution in [-0.4, -0.2) is 69.9 Å². The molecule has 8 rings (SSSR count). The standard InChI is InChI=1S/C41H42N8O5S2/c1-25-17-38(55-45-25)48(39-18-26(2)46-56-39)12-11-37-40(41(48)50)49(47-44-37,27(3)29-7-9-35-31(19-29)21-33(23-42-35)53-15-13-51-5)28(4)30-8-10-36-32(20-30)22-34(24-43-36)54-16-14-52-6/h7-12,17-24,27-28H,13-16H2,1-6H3/q+2/t27-,28-/m0/s1. The van der Waals surface area contributed by atoms with E-state index in [2.05, 4.69) is 56.8 Å². The molecule has 2 aromatic carbocycles. The summed E-state index contributed by atoms with van der Waals surface area (Å²) in [6.45, 7) is 9.84. The van der Waals surface area contributed by atoms with E-state index in [0.29, 0.717) is 49.3 Å². The molecule has 56 heavy (non-hydrogen) atoms. The number of carbonyl (C=O) groups excluding carboxylic acids is 1. The molecule has 1 amide bonds. The number of allylic oxidation sites excluding steroid dienone is 1. The maximum absolute atomic E-state index is 15.8. The molecule has 0 bridgehead atoms. The van der Waals surface area contributed by atoms with Gasteiger partial charge in [0.15, 0.2) is 5.70 Å². The number of rotatable bonds is 14. The molecular formula is C41H42N8O5S2+2. The summed E-state index contributed by atoms with van der Waals surface area (Å²) in [6.07, 6.45) is 7.26. The SMILES string of the molecule is COCCOc1cnc2ccc([C@H](C)[N+]3([C@@H](C)c4ccc5ncc(OCCOC)cc5c4)N=NC4=C3C(=O)[N+](c3cc(C)ns3)(c3cc(C)ns3)C=C4)cc2c1. The number of ether oxygens (including phenoxy) is 4. The van der Waals surface area contributed by atoms with E-state index in [-0.39, 0.29) is 15.0 Å². The molecule has 286 valence electrons. The van der Waals surface area contributed by atoms with Crippen molar-refractivity contribution in [2.45, 2.75) is 39.8 Å². The Bertz CT molecular complexity index is 2410. The molecule has 2 aliphatic heterocycles. The third-order valence-corrected chi connectivity index (χ3v) is 12.4. The summed E-state index contributed by atoms with van der Waals surface area (Å²) in [4.78, 5) is 25.1. The molecule has 0 spiro atoms. The minimum atomic E-state index is -0.398. The lowest BCUT2D eigenvalue weighted by atomic mass is 9.95. The first kappa shape index (κ1) is 37.6. The molecule has 0 saturated heterocycles. The molecule has 2 aliphatic rings. The summed E-state index contributed by atoms with van der Waals surface area (Å²) in [6, 6.07) is 19.5. The molecule has 15 heteroatoms. The number of aromatic nitrogens is 4. The molecule has 0 unspecified atom stereocenters. The van der Waals surface area contributed by atoms with Gasteiger partial charge in [-0.3, -0.25) is 9.97 Å². The Kier molecular flexibility index (Phi) is 10.3. The lowest BCUT2D eigenvalue weighted by Crippen LogP contribution is -2.55. The summed E-state index contributed by atoms with van der Waals surface area (Å²) < 4.78 is 31.1. The van der Waals surface area contributed by atoms with E-state index in [4.69, 9.17) is 29.3 Å². The van der Waals surface area contributed by atoms with Gasteiger partial charge in [-0.15, -0.1) is 9.08 Å². The average Bonchev–Trinajstić information content (AvgIpc) is 3.96. The van der Waals surface area contributed by atoms with Gasteiger partial charge in [-0.1, -0.05) is 17.2 Å². The van der Waals surface area contributed by atoms with Gasteiger partial charge in [0, 0.05) is 82.6 Å². The first-order chi connectivity index (χ1) is 27.2. The fourth-order valence-corrected chi connectivity index (χ4v) is 9.26. The third-order valence-electron chi connectivity index (χ3n) is 10.4. The topological polar surface area (TPSA) is 130 Å². The molecule has 0 fully saturated rings. The van der Waals surface area contributed by atoms with Crippen molar-refractivity contribution in [3.8, 4) is 11.5 Å². The molecule has 0 aliphatic carbocycles. The number of fused-ring (bicyclic) bond motifs is 2. The minimum Gasteiger partial charge on any atom is -0.490 e. The highest BCUT2D eigenvalue weighted by atomic mass is 32.1. The second-order valence-electron chi connectivity index (χ2n) is 13.9. The van der Waals surface area contributed by atoms with E-state index in [9.17, 15) is 0 Å². The molecule has 0 N–H and O–H groups in total. The number of carbonyl (C=O) groups is 1. The second kappa shape index (κ2) is 15.3. The van der Waals surface area contributed by atoms with Gasteiger partial charge in [0.1, 0.15) is 43.0 Å².